The average molecular weight is 533 g/mol. The lowest BCUT2D eigenvalue weighted by Gasteiger charge is -2.28. The molecule has 0 spiro atoms. The highest BCUT2D eigenvalue weighted by Crippen LogP contribution is 2.60. The van der Waals surface area contributed by atoms with Crippen LogP contribution in [0.5, 0.6) is 0 Å². The van der Waals surface area contributed by atoms with Gasteiger partial charge in [-0.05, 0) is 32.1 Å². The molecule has 3 fully saturated rings. The van der Waals surface area contributed by atoms with Gasteiger partial charge in [0.2, 0.25) is 11.8 Å². The molecule has 1 N–H and O–H groups in total. The molecule has 1 aromatic rings. The number of aromatic nitrogens is 1. The Bertz CT molecular complexity index is 857. The third kappa shape index (κ3) is 3.31. The number of amides is 3. The van der Waals surface area contributed by atoms with Gasteiger partial charge >= 0.3 is 5.97 Å². The standard InChI is InChI=1S/C18H19Br2N3O6/c1-6-3-10(22-29-6)21-11(24)5-28-18(27)7(2)23-16(25)12-8-4-9(13(12)17(23)26)15(20)14(8)19/h3,7-9,12-15H,4-5H2,1-2H3,(H,21,22,24)/t7-,8+,9+,12+,13+,14-,15-/m0/s1. The van der Waals surface area contributed by atoms with Gasteiger partial charge in [0, 0.05) is 15.7 Å². The molecular weight excluding hydrogens is 514 g/mol. The van der Waals surface area contributed by atoms with Crippen molar-refractivity contribution < 1.29 is 28.4 Å². The van der Waals surface area contributed by atoms with Gasteiger partial charge in [-0.25, -0.2) is 4.79 Å². The smallest absolute Gasteiger partial charge is 0.329 e. The van der Waals surface area contributed by atoms with E-state index >= 15 is 0 Å². The molecule has 2 bridgehead atoms. The Kier molecular flexibility index (Phi) is 5.30. The number of nitrogens with one attached hydrogen (secondary N) is 1. The molecule has 4 rings (SSSR count). The van der Waals surface area contributed by atoms with E-state index in [2.05, 4.69) is 42.3 Å². The first kappa shape index (κ1) is 20.5. The lowest BCUT2D eigenvalue weighted by molar-refractivity contribution is -0.159. The van der Waals surface area contributed by atoms with E-state index in [0.29, 0.717) is 5.76 Å². The Morgan fingerprint density at radius 3 is 2.38 bits per heavy atom. The van der Waals surface area contributed by atoms with Gasteiger partial charge in [-0.2, -0.15) is 0 Å². The minimum Gasteiger partial charge on any atom is -0.454 e. The number of nitrogens with zero attached hydrogens (tertiary/aromatic N) is 2. The number of esters is 1. The molecule has 3 amide bonds. The number of hydrogen-bond donors (Lipinski definition) is 1. The topological polar surface area (TPSA) is 119 Å². The van der Waals surface area contributed by atoms with Gasteiger partial charge in [-0.3, -0.25) is 19.3 Å². The second-order valence-corrected chi connectivity index (χ2v) is 9.82. The van der Waals surface area contributed by atoms with Crippen molar-refractivity contribution in [3.8, 4) is 0 Å². The third-order valence-corrected chi connectivity index (χ3v) is 9.20. The number of imide groups is 1. The Labute approximate surface area is 183 Å². The van der Waals surface area contributed by atoms with Gasteiger partial charge in [0.1, 0.15) is 11.8 Å². The van der Waals surface area contributed by atoms with Crippen LogP contribution < -0.4 is 5.32 Å². The van der Waals surface area contributed by atoms with Crippen molar-refractivity contribution in [2.75, 3.05) is 11.9 Å². The molecule has 0 radical (unpaired) electrons. The molecule has 9 nitrogen and oxygen atoms in total. The first-order valence-corrected chi connectivity index (χ1v) is 11.1. The third-order valence-electron chi connectivity index (χ3n) is 5.99. The van der Waals surface area contributed by atoms with Crippen LogP contribution >= 0.6 is 31.9 Å². The van der Waals surface area contributed by atoms with E-state index in [-0.39, 0.29) is 39.1 Å². The summed E-state index contributed by atoms with van der Waals surface area (Å²) in [6, 6.07) is 0.426. The van der Waals surface area contributed by atoms with Crippen molar-refractivity contribution in [1.82, 2.24) is 10.1 Å². The molecule has 156 valence electrons. The monoisotopic (exact) mass is 531 g/mol. The number of carbonyl (C=O) groups excluding carboxylic acids is 4. The number of fused-ring (bicyclic) bond motifs is 5. The molecule has 0 unspecified atom stereocenters. The van der Waals surface area contributed by atoms with Crippen molar-refractivity contribution in [3.63, 3.8) is 0 Å². The normalized spacial score (nSPS) is 33.7. The fraction of sp³-hybridized carbons (Fsp3) is 0.611. The second kappa shape index (κ2) is 7.50. The van der Waals surface area contributed by atoms with Crippen molar-refractivity contribution in [2.24, 2.45) is 23.7 Å². The number of aryl methyl sites for hydroxylation is 1. The number of likely N-dealkylation sites (tertiary alicyclic amines) is 1. The molecule has 1 saturated heterocycles. The van der Waals surface area contributed by atoms with Gasteiger partial charge in [0.25, 0.3) is 5.91 Å². The molecule has 2 aliphatic carbocycles. The van der Waals surface area contributed by atoms with Crippen LogP contribution in [-0.4, -0.2) is 56.1 Å². The summed E-state index contributed by atoms with van der Waals surface area (Å²) in [4.78, 5) is 51.4. The number of anilines is 1. The summed E-state index contributed by atoms with van der Waals surface area (Å²) in [5.41, 5.74) is 0. The number of hydrogen-bond acceptors (Lipinski definition) is 7. The summed E-state index contributed by atoms with van der Waals surface area (Å²) in [6.45, 7) is 2.55. The minimum absolute atomic E-state index is 0.0655. The summed E-state index contributed by atoms with van der Waals surface area (Å²) >= 11 is 7.25. The average Bonchev–Trinajstić information content (AvgIpc) is 3.39. The van der Waals surface area contributed by atoms with Crippen LogP contribution in [0.4, 0.5) is 5.82 Å². The lowest BCUT2D eigenvalue weighted by Crippen LogP contribution is -2.45. The molecule has 1 aromatic heterocycles. The van der Waals surface area contributed by atoms with Crippen LogP contribution in [-0.2, 0) is 23.9 Å². The van der Waals surface area contributed by atoms with E-state index in [1.54, 1.807) is 6.92 Å². The van der Waals surface area contributed by atoms with E-state index in [9.17, 15) is 19.2 Å². The summed E-state index contributed by atoms with van der Waals surface area (Å²) in [6.07, 6.45) is 0.813. The predicted octanol–water partition coefficient (Wildman–Crippen LogP) is 1.63. The van der Waals surface area contributed by atoms with Crippen LogP contribution in [0.1, 0.15) is 19.1 Å². The molecule has 7 atom stereocenters. The maximum Gasteiger partial charge on any atom is 0.329 e. The number of halogens is 2. The minimum atomic E-state index is -1.09. The molecule has 1 aliphatic heterocycles. The lowest BCUT2D eigenvalue weighted by atomic mass is 9.81. The Hall–Kier alpha value is -1.75. The van der Waals surface area contributed by atoms with Crippen LogP contribution in [0.2, 0.25) is 0 Å². The fourth-order valence-electron chi connectivity index (χ4n) is 4.72. The SMILES string of the molecule is Cc1cc(NC(=O)COC(=O)[C@H](C)N2C(=O)[C@@H]3[C@H]4C[C@@H]([C@H](Br)[C@H]4Br)[C@H]3C2=O)no1. The van der Waals surface area contributed by atoms with Gasteiger partial charge < -0.3 is 14.6 Å². The van der Waals surface area contributed by atoms with Crippen molar-refractivity contribution >= 4 is 61.4 Å². The van der Waals surface area contributed by atoms with Gasteiger partial charge in [-0.1, -0.05) is 37.0 Å². The molecule has 2 saturated carbocycles. The van der Waals surface area contributed by atoms with E-state index in [1.165, 1.54) is 13.0 Å². The summed E-state index contributed by atoms with van der Waals surface area (Å²) in [7, 11) is 0. The van der Waals surface area contributed by atoms with Crippen LogP contribution in [0.25, 0.3) is 0 Å². The number of ether oxygens (including phenoxy) is 1. The summed E-state index contributed by atoms with van der Waals surface area (Å²) in [5.74, 6) is -2.02. The van der Waals surface area contributed by atoms with Crippen LogP contribution in [0, 0.1) is 30.6 Å². The van der Waals surface area contributed by atoms with Gasteiger partial charge in [0.05, 0.1) is 11.8 Å². The quantitative estimate of drug-likeness (QED) is 0.348. The Balaban J connectivity index is 1.37. The largest absolute Gasteiger partial charge is 0.454 e. The van der Waals surface area contributed by atoms with Gasteiger partial charge in [-0.15, -0.1) is 0 Å². The first-order valence-electron chi connectivity index (χ1n) is 9.25. The van der Waals surface area contributed by atoms with Gasteiger partial charge in [0.15, 0.2) is 12.4 Å². The van der Waals surface area contributed by atoms with Crippen LogP contribution in [0.15, 0.2) is 10.6 Å². The van der Waals surface area contributed by atoms with E-state index in [4.69, 9.17) is 9.26 Å². The fourth-order valence-corrected chi connectivity index (χ4v) is 6.59. The van der Waals surface area contributed by atoms with Crippen molar-refractivity contribution in [1.29, 1.82) is 0 Å². The maximum atomic E-state index is 12.9. The molecule has 11 heteroatoms. The molecule has 29 heavy (non-hydrogen) atoms. The number of alkyl halides is 2. The number of carbonyl (C=O) groups is 4. The Morgan fingerprint density at radius 2 is 1.86 bits per heavy atom. The molecule has 3 aliphatic rings. The Morgan fingerprint density at radius 1 is 1.28 bits per heavy atom. The van der Waals surface area contributed by atoms with Crippen LogP contribution in [0.3, 0.4) is 0 Å². The molecule has 2 heterocycles. The zero-order chi connectivity index (χ0) is 21.0. The summed E-state index contributed by atoms with van der Waals surface area (Å²) in [5, 5.41) is 6.04. The molecular formula is C18H19Br2N3O6. The van der Waals surface area contributed by atoms with E-state index in [1.807, 2.05) is 0 Å². The zero-order valence-corrected chi connectivity index (χ0v) is 18.8. The highest BCUT2D eigenvalue weighted by Gasteiger charge is 2.67. The first-order chi connectivity index (χ1) is 13.7. The van der Waals surface area contributed by atoms with E-state index in [0.717, 1.165) is 11.3 Å². The molecule has 0 aromatic carbocycles. The second-order valence-electron chi connectivity index (χ2n) is 7.70. The number of rotatable bonds is 5. The highest BCUT2D eigenvalue weighted by molar-refractivity contribution is 9.12. The van der Waals surface area contributed by atoms with E-state index < -0.39 is 36.4 Å². The van der Waals surface area contributed by atoms with Crippen molar-refractivity contribution in [3.05, 3.63) is 11.8 Å². The van der Waals surface area contributed by atoms with Crippen molar-refractivity contribution in [2.45, 2.75) is 36.0 Å². The summed E-state index contributed by atoms with van der Waals surface area (Å²) < 4.78 is 9.85. The predicted molar refractivity (Wildman–Crippen MR) is 106 cm³/mol. The highest BCUT2D eigenvalue weighted by atomic mass is 79.9. The maximum absolute atomic E-state index is 12.9. The zero-order valence-electron chi connectivity index (χ0n) is 15.6.